The van der Waals surface area contributed by atoms with Gasteiger partial charge in [-0.25, -0.2) is 9.59 Å². The summed E-state index contributed by atoms with van der Waals surface area (Å²) in [5.74, 6) is -0.958. The molecule has 0 saturated carbocycles. The number of rotatable bonds is 5. The van der Waals surface area contributed by atoms with Gasteiger partial charge in [0, 0.05) is 12.3 Å². The molecule has 0 amide bonds. The van der Waals surface area contributed by atoms with Gasteiger partial charge in [-0.3, -0.25) is 4.98 Å². The van der Waals surface area contributed by atoms with Crippen LogP contribution in [-0.2, 0) is 14.3 Å². The summed E-state index contributed by atoms with van der Waals surface area (Å²) in [5.41, 5.74) is 6.69. The molecule has 2 N–H and O–H groups in total. The van der Waals surface area contributed by atoms with Gasteiger partial charge in [0.05, 0.1) is 30.2 Å². The summed E-state index contributed by atoms with van der Waals surface area (Å²) in [6, 6.07) is 1.45. The Balaban J connectivity index is 2.83. The zero-order valence-electron chi connectivity index (χ0n) is 10.9. The van der Waals surface area contributed by atoms with Crippen LogP contribution in [0.3, 0.4) is 0 Å². The van der Waals surface area contributed by atoms with Crippen LogP contribution >= 0.6 is 0 Å². The highest BCUT2D eigenvalue weighted by Gasteiger charge is 2.09. The van der Waals surface area contributed by atoms with E-state index in [2.05, 4.69) is 4.98 Å². The van der Waals surface area contributed by atoms with Crippen LogP contribution in [0.4, 0.5) is 5.69 Å². The predicted molar refractivity (Wildman–Crippen MR) is 70.3 cm³/mol. The normalized spacial score (nSPS) is 10.4. The first-order valence-electron chi connectivity index (χ1n) is 5.86. The van der Waals surface area contributed by atoms with Crippen molar-refractivity contribution in [2.45, 2.75) is 13.8 Å². The Morgan fingerprint density at radius 2 is 2.00 bits per heavy atom. The van der Waals surface area contributed by atoms with Crippen molar-refractivity contribution in [1.29, 1.82) is 0 Å². The molecule has 0 aromatic carbocycles. The molecular weight excluding hydrogens is 248 g/mol. The van der Waals surface area contributed by atoms with E-state index in [9.17, 15) is 9.59 Å². The maximum absolute atomic E-state index is 11.4. The first-order valence-corrected chi connectivity index (χ1v) is 5.86. The van der Waals surface area contributed by atoms with Crippen molar-refractivity contribution < 1.29 is 19.1 Å². The van der Waals surface area contributed by atoms with E-state index in [0.717, 1.165) is 0 Å². The highest BCUT2D eigenvalue weighted by molar-refractivity contribution is 5.91. The van der Waals surface area contributed by atoms with Crippen molar-refractivity contribution in [3.8, 4) is 0 Å². The summed E-state index contributed by atoms with van der Waals surface area (Å²) in [4.78, 5) is 26.6. The standard InChI is InChI=1S/C13H16N2O4/c1-3-18-12(16)6-5-11-10(14)7-9(8-15-11)13(17)19-4-2/h5-8H,3-4,14H2,1-2H3/b6-5+. The fraction of sp³-hybridized carbons (Fsp3) is 0.308. The topological polar surface area (TPSA) is 91.5 Å². The molecule has 1 heterocycles. The van der Waals surface area contributed by atoms with Crippen molar-refractivity contribution in [2.75, 3.05) is 18.9 Å². The van der Waals surface area contributed by atoms with Gasteiger partial charge in [0.2, 0.25) is 0 Å². The van der Waals surface area contributed by atoms with Crippen molar-refractivity contribution in [1.82, 2.24) is 4.98 Å². The SMILES string of the molecule is CCOC(=O)/C=C/c1ncc(C(=O)OCC)cc1N. The second kappa shape index (κ2) is 7.15. The maximum atomic E-state index is 11.4. The number of ether oxygens (including phenoxy) is 2. The Hall–Kier alpha value is -2.37. The number of carbonyl (C=O) groups excluding carboxylic acids is 2. The van der Waals surface area contributed by atoms with Crippen LogP contribution in [0, 0.1) is 0 Å². The molecule has 6 heteroatoms. The van der Waals surface area contributed by atoms with Gasteiger partial charge in [0.1, 0.15) is 0 Å². The third kappa shape index (κ3) is 4.42. The number of hydrogen-bond donors (Lipinski definition) is 1. The molecule has 0 aliphatic carbocycles. The maximum Gasteiger partial charge on any atom is 0.339 e. The second-order valence-electron chi connectivity index (χ2n) is 3.50. The zero-order valence-corrected chi connectivity index (χ0v) is 10.9. The first kappa shape index (κ1) is 14.7. The Kier molecular flexibility index (Phi) is 5.53. The smallest absolute Gasteiger partial charge is 0.339 e. The van der Waals surface area contributed by atoms with Gasteiger partial charge in [0.15, 0.2) is 0 Å². The van der Waals surface area contributed by atoms with E-state index >= 15 is 0 Å². The lowest BCUT2D eigenvalue weighted by molar-refractivity contribution is -0.137. The van der Waals surface area contributed by atoms with E-state index in [-0.39, 0.29) is 17.9 Å². The van der Waals surface area contributed by atoms with Crippen LogP contribution in [0.2, 0.25) is 0 Å². The fourth-order valence-corrected chi connectivity index (χ4v) is 1.30. The summed E-state index contributed by atoms with van der Waals surface area (Å²) in [7, 11) is 0. The van der Waals surface area contributed by atoms with Gasteiger partial charge in [0.25, 0.3) is 0 Å². The van der Waals surface area contributed by atoms with Crippen molar-refractivity contribution in [3.63, 3.8) is 0 Å². The molecule has 19 heavy (non-hydrogen) atoms. The number of nitrogens with zero attached hydrogens (tertiary/aromatic N) is 1. The van der Waals surface area contributed by atoms with Gasteiger partial charge in [-0.2, -0.15) is 0 Å². The minimum atomic E-state index is -0.484. The quantitative estimate of drug-likeness (QED) is 0.638. The second-order valence-corrected chi connectivity index (χ2v) is 3.50. The molecule has 0 radical (unpaired) electrons. The average molecular weight is 264 g/mol. The number of nitrogens with two attached hydrogens (primary N) is 1. The molecule has 1 aromatic heterocycles. The highest BCUT2D eigenvalue weighted by Crippen LogP contribution is 2.13. The summed E-state index contributed by atoms with van der Waals surface area (Å²) < 4.78 is 9.56. The molecule has 1 aromatic rings. The molecule has 0 aliphatic rings. The number of anilines is 1. The summed E-state index contributed by atoms with van der Waals surface area (Å²) >= 11 is 0. The van der Waals surface area contributed by atoms with E-state index in [1.54, 1.807) is 13.8 Å². The molecule has 1 rings (SSSR count). The largest absolute Gasteiger partial charge is 0.463 e. The number of carbonyl (C=O) groups is 2. The number of hydrogen-bond acceptors (Lipinski definition) is 6. The number of esters is 2. The zero-order chi connectivity index (χ0) is 14.3. The lowest BCUT2D eigenvalue weighted by Gasteiger charge is -2.04. The Labute approximate surface area is 111 Å². The van der Waals surface area contributed by atoms with Crippen LogP contribution in [0.5, 0.6) is 0 Å². The van der Waals surface area contributed by atoms with Crippen LogP contribution in [-0.4, -0.2) is 30.1 Å². The van der Waals surface area contributed by atoms with Crippen molar-refractivity contribution in [2.24, 2.45) is 0 Å². The first-order chi connectivity index (χ1) is 9.08. The van der Waals surface area contributed by atoms with Crippen molar-refractivity contribution >= 4 is 23.7 Å². The average Bonchev–Trinajstić information content (AvgIpc) is 2.38. The third-order valence-corrected chi connectivity index (χ3v) is 2.12. The third-order valence-electron chi connectivity index (χ3n) is 2.12. The molecule has 0 spiro atoms. The molecule has 0 fully saturated rings. The van der Waals surface area contributed by atoms with Crippen LogP contribution < -0.4 is 5.73 Å². The van der Waals surface area contributed by atoms with Crippen LogP contribution in [0.15, 0.2) is 18.3 Å². The molecule has 0 unspecified atom stereocenters. The van der Waals surface area contributed by atoms with E-state index < -0.39 is 11.9 Å². The van der Waals surface area contributed by atoms with Gasteiger partial charge in [-0.05, 0) is 26.0 Å². The summed E-state index contributed by atoms with van der Waals surface area (Å²) in [6.07, 6.45) is 4.01. The molecule has 0 aliphatic heterocycles. The lowest BCUT2D eigenvalue weighted by Crippen LogP contribution is -2.07. The number of pyridine rings is 1. The molecule has 102 valence electrons. The van der Waals surface area contributed by atoms with E-state index in [0.29, 0.717) is 12.3 Å². The van der Waals surface area contributed by atoms with E-state index in [1.807, 2.05) is 0 Å². The van der Waals surface area contributed by atoms with Gasteiger partial charge >= 0.3 is 11.9 Å². The lowest BCUT2D eigenvalue weighted by atomic mass is 10.2. The number of nitrogen functional groups attached to an aromatic ring is 1. The molecule has 0 atom stereocenters. The minimum absolute atomic E-state index is 0.271. The molecule has 6 nitrogen and oxygen atoms in total. The van der Waals surface area contributed by atoms with Gasteiger partial charge < -0.3 is 15.2 Å². The molecular formula is C13H16N2O4. The molecule has 0 saturated heterocycles. The summed E-state index contributed by atoms with van der Waals surface area (Å²) in [6.45, 7) is 4.01. The Morgan fingerprint density at radius 1 is 1.32 bits per heavy atom. The van der Waals surface area contributed by atoms with Crippen LogP contribution in [0.25, 0.3) is 6.08 Å². The molecule has 0 bridgehead atoms. The summed E-state index contributed by atoms with van der Waals surface area (Å²) in [5, 5.41) is 0. The van der Waals surface area contributed by atoms with Gasteiger partial charge in [-0.15, -0.1) is 0 Å². The minimum Gasteiger partial charge on any atom is -0.463 e. The van der Waals surface area contributed by atoms with E-state index in [1.165, 1.54) is 24.4 Å². The highest BCUT2D eigenvalue weighted by atomic mass is 16.5. The van der Waals surface area contributed by atoms with Crippen molar-refractivity contribution in [3.05, 3.63) is 29.6 Å². The fourth-order valence-electron chi connectivity index (χ4n) is 1.30. The van der Waals surface area contributed by atoms with Crippen LogP contribution in [0.1, 0.15) is 29.9 Å². The Morgan fingerprint density at radius 3 is 2.58 bits per heavy atom. The van der Waals surface area contributed by atoms with E-state index in [4.69, 9.17) is 15.2 Å². The van der Waals surface area contributed by atoms with Gasteiger partial charge in [-0.1, -0.05) is 0 Å². The predicted octanol–water partition coefficient (Wildman–Crippen LogP) is 1.42. The Bertz CT molecular complexity index is 497. The number of aromatic nitrogens is 1. The monoisotopic (exact) mass is 264 g/mol.